The predicted molar refractivity (Wildman–Crippen MR) is 105 cm³/mol. The third kappa shape index (κ3) is 3.17. The van der Waals surface area contributed by atoms with Crippen LogP contribution in [-0.4, -0.2) is 20.6 Å². The van der Waals surface area contributed by atoms with Crippen molar-refractivity contribution in [3.05, 3.63) is 51.9 Å². The highest BCUT2D eigenvalue weighted by atomic mass is 32.1. The van der Waals surface area contributed by atoms with E-state index in [9.17, 15) is 14.7 Å². The maximum atomic E-state index is 13.0. The quantitative estimate of drug-likeness (QED) is 0.736. The highest BCUT2D eigenvalue weighted by Crippen LogP contribution is 2.32. The van der Waals surface area contributed by atoms with E-state index in [0.717, 1.165) is 11.1 Å². The summed E-state index contributed by atoms with van der Waals surface area (Å²) in [5, 5.41) is 11.8. The van der Waals surface area contributed by atoms with E-state index in [2.05, 4.69) is 37.9 Å². The number of hydrogen-bond donors (Lipinski definition) is 1. The molecule has 6 heteroatoms. The zero-order valence-electron chi connectivity index (χ0n) is 15.3. The maximum Gasteiger partial charge on any atom is 0.326 e. The van der Waals surface area contributed by atoms with Gasteiger partial charge >= 0.3 is 5.97 Å². The molecule has 0 bridgehead atoms. The molecule has 2 aromatic heterocycles. The lowest BCUT2D eigenvalue weighted by Gasteiger charge is -2.19. The van der Waals surface area contributed by atoms with E-state index in [1.807, 2.05) is 17.5 Å². The fourth-order valence-corrected chi connectivity index (χ4v) is 3.93. The van der Waals surface area contributed by atoms with Gasteiger partial charge in [0, 0.05) is 10.9 Å². The summed E-state index contributed by atoms with van der Waals surface area (Å²) in [6.07, 6.45) is 1.66. The minimum atomic E-state index is -1.03. The minimum Gasteiger partial charge on any atom is -0.480 e. The average molecular weight is 370 g/mol. The van der Waals surface area contributed by atoms with Crippen molar-refractivity contribution >= 4 is 27.5 Å². The molecule has 0 aliphatic heterocycles. The molecule has 0 aliphatic carbocycles. The molecule has 26 heavy (non-hydrogen) atoms. The molecule has 0 amide bonds. The van der Waals surface area contributed by atoms with Crippen molar-refractivity contribution in [1.82, 2.24) is 9.55 Å². The van der Waals surface area contributed by atoms with Gasteiger partial charge in [-0.05, 0) is 23.0 Å². The summed E-state index contributed by atoms with van der Waals surface area (Å²) in [7, 11) is 0. The molecule has 5 nitrogen and oxygen atoms in total. The topological polar surface area (TPSA) is 72.2 Å². The number of carbonyl (C=O) groups is 1. The van der Waals surface area contributed by atoms with Gasteiger partial charge in [0.2, 0.25) is 0 Å². The van der Waals surface area contributed by atoms with Crippen molar-refractivity contribution < 1.29 is 9.90 Å². The summed E-state index contributed by atoms with van der Waals surface area (Å²) in [5.74, 6) is -1.03. The van der Waals surface area contributed by atoms with Crippen LogP contribution >= 0.6 is 11.3 Å². The molecule has 0 aliphatic rings. The zero-order valence-corrected chi connectivity index (χ0v) is 16.1. The van der Waals surface area contributed by atoms with E-state index in [4.69, 9.17) is 0 Å². The molecule has 1 atom stereocenters. The SMILES string of the molecule is CCC(C(=O)O)n1cnc2scc(-c3ccc(C(C)(C)C)cc3)c2c1=O. The number of benzene rings is 1. The van der Waals surface area contributed by atoms with Crippen LogP contribution in [0.2, 0.25) is 0 Å². The van der Waals surface area contributed by atoms with Gasteiger partial charge in [-0.2, -0.15) is 0 Å². The Balaban J connectivity index is 2.16. The molecule has 3 rings (SSSR count). The Morgan fingerprint density at radius 3 is 2.46 bits per heavy atom. The normalized spacial score (nSPS) is 13.1. The maximum absolute atomic E-state index is 13.0. The molecule has 136 valence electrons. The monoisotopic (exact) mass is 370 g/mol. The summed E-state index contributed by atoms with van der Waals surface area (Å²) in [6, 6.07) is 7.25. The average Bonchev–Trinajstić information content (AvgIpc) is 3.01. The Morgan fingerprint density at radius 2 is 1.92 bits per heavy atom. The second kappa shape index (κ2) is 6.68. The van der Waals surface area contributed by atoms with Gasteiger partial charge in [0.1, 0.15) is 10.9 Å². The summed E-state index contributed by atoms with van der Waals surface area (Å²) < 4.78 is 1.23. The van der Waals surface area contributed by atoms with E-state index >= 15 is 0 Å². The number of rotatable bonds is 4. The van der Waals surface area contributed by atoms with Gasteiger partial charge in [-0.15, -0.1) is 11.3 Å². The largest absolute Gasteiger partial charge is 0.480 e. The molecule has 0 radical (unpaired) electrons. The Morgan fingerprint density at radius 1 is 1.27 bits per heavy atom. The lowest BCUT2D eigenvalue weighted by molar-refractivity contribution is -0.141. The molecule has 0 saturated carbocycles. The Hall–Kier alpha value is -2.47. The summed E-state index contributed by atoms with van der Waals surface area (Å²) in [5.41, 5.74) is 2.70. The third-order valence-corrected chi connectivity index (χ3v) is 5.48. The second-order valence-electron chi connectivity index (χ2n) is 7.38. The van der Waals surface area contributed by atoms with Crippen LogP contribution < -0.4 is 5.56 Å². The highest BCUT2D eigenvalue weighted by molar-refractivity contribution is 7.17. The van der Waals surface area contributed by atoms with Crippen molar-refractivity contribution in [3.8, 4) is 11.1 Å². The molecular weight excluding hydrogens is 348 g/mol. The van der Waals surface area contributed by atoms with Crippen LogP contribution in [-0.2, 0) is 10.2 Å². The van der Waals surface area contributed by atoms with Gasteiger partial charge in [0.05, 0.1) is 11.7 Å². The van der Waals surface area contributed by atoms with Gasteiger partial charge in [0.15, 0.2) is 0 Å². The molecule has 0 fully saturated rings. The number of aromatic nitrogens is 2. The van der Waals surface area contributed by atoms with Crippen LogP contribution in [0.5, 0.6) is 0 Å². The molecule has 1 unspecified atom stereocenters. The molecule has 0 spiro atoms. The Kier molecular flexibility index (Phi) is 4.71. The number of thiophene rings is 1. The second-order valence-corrected chi connectivity index (χ2v) is 8.23. The molecule has 1 aromatic carbocycles. The molecule has 0 saturated heterocycles. The van der Waals surface area contributed by atoms with Crippen LogP contribution in [0.1, 0.15) is 45.7 Å². The number of nitrogens with zero attached hydrogens (tertiary/aromatic N) is 2. The first-order chi connectivity index (χ1) is 12.2. The van der Waals surface area contributed by atoms with Crippen molar-refractivity contribution in [3.63, 3.8) is 0 Å². The molecule has 1 N–H and O–H groups in total. The minimum absolute atomic E-state index is 0.0549. The van der Waals surface area contributed by atoms with Gasteiger partial charge in [-0.1, -0.05) is 52.0 Å². The van der Waals surface area contributed by atoms with E-state index in [0.29, 0.717) is 16.6 Å². The lowest BCUT2D eigenvalue weighted by atomic mass is 9.86. The summed E-state index contributed by atoms with van der Waals surface area (Å²) in [4.78, 5) is 29.4. The first-order valence-corrected chi connectivity index (χ1v) is 9.44. The zero-order chi connectivity index (χ0) is 19.1. The van der Waals surface area contributed by atoms with Crippen molar-refractivity contribution in [2.75, 3.05) is 0 Å². The van der Waals surface area contributed by atoms with Gasteiger partial charge in [0.25, 0.3) is 5.56 Å². The molecule has 3 aromatic rings. The predicted octanol–water partition coefficient (Wildman–Crippen LogP) is 4.46. The van der Waals surface area contributed by atoms with Crippen LogP contribution in [0.15, 0.2) is 40.8 Å². The highest BCUT2D eigenvalue weighted by Gasteiger charge is 2.22. The van der Waals surface area contributed by atoms with Gasteiger partial charge in [-0.3, -0.25) is 9.36 Å². The van der Waals surface area contributed by atoms with Crippen molar-refractivity contribution in [2.45, 2.75) is 45.6 Å². The molecular formula is C20H22N2O3S. The van der Waals surface area contributed by atoms with E-state index < -0.39 is 12.0 Å². The lowest BCUT2D eigenvalue weighted by Crippen LogP contribution is -2.29. The van der Waals surface area contributed by atoms with Crippen LogP contribution in [0, 0.1) is 0 Å². The van der Waals surface area contributed by atoms with Crippen LogP contribution in [0.3, 0.4) is 0 Å². The third-order valence-electron chi connectivity index (χ3n) is 4.59. The smallest absolute Gasteiger partial charge is 0.326 e. The first-order valence-electron chi connectivity index (χ1n) is 8.56. The molecule has 2 heterocycles. The number of hydrogen-bond acceptors (Lipinski definition) is 4. The summed E-state index contributed by atoms with van der Waals surface area (Å²) >= 11 is 1.40. The fourth-order valence-electron chi connectivity index (χ4n) is 3.02. The Labute approximate surface area is 155 Å². The standard InChI is InChI=1S/C20H22N2O3S/c1-5-15(19(24)25)22-11-21-17-16(18(22)23)14(10-26-17)12-6-8-13(9-7-12)20(2,3)4/h6-11,15H,5H2,1-4H3,(H,24,25). The van der Waals surface area contributed by atoms with Crippen molar-refractivity contribution in [1.29, 1.82) is 0 Å². The van der Waals surface area contributed by atoms with Crippen molar-refractivity contribution in [2.24, 2.45) is 0 Å². The number of carboxylic acid groups (broad SMARTS) is 1. The van der Waals surface area contributed by atoms with Gasteiger partial charge < -0.3 is 5.11 Å². The first kappa shape index (κ1) is 18.3. The summed E-state index contributed by atoms with van der Waals surface area (Å²) in [6.45, 7) is 8.21. The number of fused-ring (bicyclic) bond motifs is 1. The Bertz CT molecular complexity index is 1010. The van der Waals surface area contributed by atoms with E-state index in [-0.39, 0.29) is 11.0 Å². The fraction of sp³-hybridized carbons (Fsp3) is 0.350. The number of aliphatic carboxylic acids is 1. The van der Waals surface area contributed by atoms with Crippen LogP contribution in [0.4, 0.5) is 0 Å². The van der Waals surface area contributed by atoms with E-state index in [1.54, 1.807) is 6.92 Å². The number of carboxylic acids is 1. The van der Waals surface area contributed by atoms with Gasteiger partial charge in [-0.25, -0.2) is 9.78 Å². The van der Waals surface area contributed by atoms with E-state index in [1.165, 1.54) is 27.8 Å². The van der Waals surface area contributed by atoms with Crippen LogP contribution in [0.25, 0.3) is 21.3 Å².